The summed E-state index contributed by atoms with van der Waals surface area (Å²) in [7, 11) is -4.67. The van der Waals surface area contributed by atoms with Gasteiger partial charge in [-0.05, 0) is 19.4 Å². The van der Waals surface area contributed by atoms with Crippen LogP contribution < -0.4 is 5.73 Å². The van der Waals surface area contributed by atoms with Gasteiger partial charge in [-0.1, -0.05) is 44.9 Å². The molecule has 122 valence electrons. The number of aliphatic carboxylic acids is 1. The van der Waals surface area contributed by atoms with Gasteiger partial charge in [0.25, 0.3) is 0 Å². The summed E-state index contributed by atoms with van der Waals surface area (Å²) < 4.78 is 31.6. The highest BCUT2D eigenvalue weighted by atomic mass is 32.3. The highest BCUT2D eigenvalue weighted by Gasteiger charge is 1.96. The molecule has 0 saturated heterocycles. The smallest absolute Gasteiger partial charge is 0.394 e. The number of hydrogen-bond donors (Lipinski definition) is 4. The van der Waals surface area contributed by atoms with E-state index in [4.69, 9.17) is 28.4 Å². The molecule has 20 heavy (non-hydrogen) atoms. The molecule has 0 atom stereocenters. The van der Waals surface area contributed by atoms with E-state index < -0.39 is 16.4 Å². The molecule has 0 aliphatic carbocycles. The summed E-state index contributed by atoms with van der Waals surface area (Å²) in [5.74, 6) is -0.670. The predicted octanol–water partition coefficient (Wildman–Crippen LogP) is 2.28. The Kier molecular flexibility index (Phi) is 15.9. The third kappa shape index (κ3) is 36.0. The van der Waals surface area contributed by atoms with Crippen LogP contribution in [0.1, 0.15) is 64.2 Å². The van der Waals surface area contributed by atoms with Crippen molar-refractivity contribution in [2.45, 2.75) is 64.2 Å². The fourth-order valence-corrected chi connectivity index (χ4v) is 1.66. The topological polar surface area (TPSA) is 138 Å². The Labute approximate surface area is 121 Å². The van der Waals surface area contributed by atoms with E-state index in [0.717, 1.165) is 25.8 Å². The van der Waals surface area contributed by atoms with Crippen LogP contribution in [0.25, 0.3) is 0 Å². The van der Waals surface area contributed by atoms with Crippen LogP contribution in [-0.2, 0) is 15.2 Å². The number of unbranched alkanes of at least 4 members (excludes halogenated alkanes) is 8. The van der Waals surface area contributed by atoms with Crippen molar-refractivity contribution in [1.29, 1.82) is 0 Å². The van der Waals surface area contributed by atoms with Crippen molar-refractivity contribution >= 4 is 16.4 Å². The third-order valence-electron chi connectivity index (χ3n) is 2.59. The van der Waals surface area contributed by atoms with Crippen LogP contribution in [0.4, 0.5) is 0 Å². The molecule has 0 amide bonds. The lowest BCUT2D eigenvalue weighted by molar-refractivity contribution is -0.137. The lowest BCUT2D eigenvalue weighted by Crippen LogP contribution is -1.97. The largest absolute Gasteiger partial charge is 0.481 e. The second-order valence-electron chi connectivity index (χ2n) is 4.56. The van der Waals surface area contributed by atoms with E-state index in [1.807, 2.05) is 0 Å². The van der Waals surface area contributed by atoms with Gasteiger partial charge in [-0.15, -0.1) is 0 Å². The third-order valence-corrected chi connectivity index (χ3v) is 2.59. The van der Waals surface area contributed by atoms with Gasteiger partial charge in [-0.2, -0.15) is 8.42 Å². The van der Waals surface area contributed by atoms with Gasteiger partial charge in [0.1, 0.15) is 0 Å². The van der Waals surface area contributed by atoms with Crippen molar-refractivity contribution < 1.29 is 27.4 Å². The summed E-state index contributed by atoms with van der Waals surface area (Å²) in [4.78, 5) is 10.2. The van der Waals surface area contributed by atoms with Crippen molar-refractivity contribution in [1.82, 2.24) is 0 Å². The number of hydrogen-bond acceptors (Lipinski definition) is 4. The Balaban J connectivity index is 0. The number of carboxylic acids is 1. The molecule has 0 unspecified atom stereocenters. The Morgan fingerprint density at radius 2 is 1.10 bits per heavy atom. The lowest BCUT2D eigenvalue weighted by atomic mass is 10.1. The van der Waals surface area contributed by atoms with Crippen LogP contribution in [0.3, 0.4) is 0 Å². The normalized spacial score (nSPS) is 10.8. The molecule has 0 rings (SSSR count). The van der Waals surface area contributed by atoms with E-state index in [2.05, 4.69) is 0 Å². The minimum Gasteiger partial charge on any atom is -0.481 e. The first-order chi connectivity index (χ1) is 9.27. The van der Waals surface area contributed by atoms with E-state index in [-0.39, 0.29) is 0 Å². The molecule has 0 saturated carbocycles. The molecular formula is C12H27NO6S. The van der Waals surface area contributed by atoms with Crippen LogP contribution in [0.5, 0.6) is 0 Å². The zero-order valence-electron chi connectivity index (χ0n) is 11.8. The molecule has 0 heterocycles. The summed E-state index contributed by atoms with van der Waals surface area (Å²) in [6, 6.07) is 0. The SMILES string of the molecule is NCCCCCCCCCCCC(=O)O.O=S(=O)(O)O. The van der Waals surface area contributed by atoms with Gasteiger partial charge >= 0.3 is 16.4 Å². The second-order valence-corrected chi connectivity index (χ2v) is 5.46. The number of carbonyl (C=O) groups is 1. The summed E-state index contributed by atoms with van der Waals surface area (Å²) in [6.07, 6.45) is 11.0. The van der Waals surface area contributed by atoms with E-state index in [9.17, 15) is 4.79 Å². The van der Waals surface area contributed by atoms with Crippen LogP contribution in [0, 0.1) is 0 Å². The van der Waals surface area contributed by atoms with Gasteiger partial charge in [-0.25, -0.2) is 0 Å². The molecule has 0 aromatic carbocycles. The van der Waals surface area contributed by atoms with Gasteiger partial charge in [0.2, 0.25) is 0 Å². The molecule has 0 aliphatic heterocycles. The number of rotatable bonds is 11. The Morgan fingerprint density at radius 1 is 0.800 bits per heavy atom. The first-order valence-corrected chi connectivity index (χ1v) is 8.28. The number of nitrogens with two attached hydrogens (primary N) is 1. The van der Waals surface area contributed by atoms with Crippen molar-refractivity contribution in [3.05, 3.63) is 0 Å². The van der Waals surface area contributed by atoms with Gasteiger partial charge < -0.3 is 10.8 Å². The maximum atomic E-state index is 10.2. The van der Waals surface area contributed by atoms with E-state index in [0.29, 0.717) is 6.42 Å². The summed E-state index contributed by atoms with van der Waals surface area (Å²) in [5, 5.41) is 8.43. The zero-order chi connectivity index (χ0) is 15.9. The first-order valence-electron chi connectivity index (χ1n) is 6.89. The molecule has 0 aliphatic rings. The summed E-state index contributed by atoms with van der Waals surface area (Å²) in [6.45, 7) is 0.815. The quantitative estimate of drug-likeness (QED) is 0.339. The van der Waals surface area contributed by atoms with Gasteiger partial charge in [0, 0.05) is 6.42 Å². The predicted molar refractivity (Wildman–Crippen MR) is 77.0 cm³/mol. The maximum absolute atomic E-state index is 10.2. The minimum atomic E-state index is -4.67. The molecule has 0 aromatic rings. The van der Waals surface area contributed by atoms with Crippen molar-refractivity contribution in [3.8, 4) is 0 Å². The van der Waals surface area contributed by atoms with Crippen LogP contribution >= 0.6 is 0 Å². The monoisotopic (exact) mass is 313 g/mol. The molecule has 7 nitrogen and oxygen atoms in total. The fourth-order valence-electron chi connectivity index (χ4n) is 1.66. The van der Waals surface area contributed by atoms with Crippen molar-refractivity contribution in [2.24, 2.45) is 5.73 Å². The van der Waals surface area contributed by atoms with Crippen LogP contribution in [0.15, 0.2) is 0 Å². The molecule has 0 spiro atoms. The highest BCUT2D eigenvalue weighted by Crippen LogP contribution is 2.10. The van der Waals surface area contributed by atoms with Crippen LogP contribution in [-0.4, -0.2) is 35.1 Å². The molecule has 5 N–H and O–H groups in total. The van der Waals surface area contributed by atoms with Gasteiger partial charge in [-0.3, -0.25) is 13.9 Å². The maximum Gasteiger partial charge on any atom is 0.394 e. The second kappa shape index (κ2) is 14.7. The highest BCUT2D eigenvalue weighted by molar-refractivity contribution is 7.79. The Hall–Kier alpha value is -0.700. The zero-order valence-corrected chi connectivity index (χ0v) is 12.6. The summed E-state index contributed by atoms with van der Waals surface area (Å²) in [5.41, 5.74) is 5.40. The molecule has 0 bridgehead atoms. The first kappa shape index (κ1) is 21.6. The molecular weight excluding hydrogens is 286 g/mol. The average molecular weight is 313 g/mol. The molecule has 0 radical (unpaired) electrons. The standard InChI is InChI=1S/C12H25NO2.H2O4S/c13-11-9-7-5-3-1-2-4-6-8-10-12(14)15;1-5(2,3)4/h1-11,13H2,(H,14,15);(H2,1,2,3,4). The fraction of sp³-hybridized carbons (Fsp3) is 0.917. The van der Waals surface area contributed by atoms with Crippen LogP contribution in [0.2, 0.25) is 0 Å². The molecule has 0 aromatic heterocycles. The van der Waals surface area contributed by atoms with E-state index in [1.165, 1.54) is 38.5 Å². The average Bonchev–Trinajstić information content (AvgIpc) is 2.29. The minimum absolute atomic E-state index is 0.330. The molecule has 8 heteroatoms. The Bertz CT molecular complexity index is 310. The molecule has 0 fully saturated rings. The Morgan fingerprint density at radius 3 is 1.40 bits per heavy atom. The van der Waals surface area contributed by atoms with E-state index >= 15 is 0 Å². The van der Waals surface area contributed by atoms with Gasteiger partial charge in [0.05, 0.1) is 0 Å². The number of carboxylic acid groups (broad SMARTS) is 1. The summed E-state index contributed by atoms with van der Waals surface area (Å²) >= 11 is 0. The van der Waals surface area contributed by atoms with Crippen molar-refractivity contribution in [2.75, 3.05) is 6.54 Å². The van der Waals surface area contributed by atoms with E-state index in [1.54, 1.807) is 0 Å². The lowest BCUT2D eigenvalue weighted by Gasteiger charge is -2.01. The van der Waals surface area contributed by atoms with Gasteiger partial charge in [0.15, 0.2) is 0 Å². The van der Waals surface area contributed by atoms with Crippen molar-refractivity contribution in [3.63, 3.8) is 0 Å².